The lowest BCUT2D eigenvalue weighted by Crippen LogP contribution is -2.21. The standard InChI is InChI=1S/C18H24N4O/c1-12-5-3-4-6-15(12)10-19-17-9-16(14-7-8-14)21-18(22-17)20-13(2)11-23/h3-6,9,13-14,23H,7-8,10-11H2,1-2H3,(H2,19,20,21,22)/t13-/m1/s1. The summed E-state index contributed by atoms with van der Waals surface area (Å²) in [5, 5.41) is 15.8. The Morgan fingerprint density at radius 2 is 2.04 bits per heavy atom. The van der Waals surface area contributed by atoms with E-state index in [9.17, 15) is 5.11 Å². The third-order valence-electron chi connectivity index (χ3n) is 4.11. The quantitative estimate of drug-likeness (QED) is 0.733. The number of nitrogens with one attached hydrogen (secondary N) is 2. The lowest BCUT2D eigenvalue weighted by molar-refractivity contribution is 0.281. The molecule has 0 bridgehead atoms. The Kier molecular flexibility index (Phi) is 4.76. The van der Waals surface area contributed by atoms with E-state index in [-0.39, 0.29) is 12.6 Å². The summed E-state index contributed by atoms with van der Waals surface area (Å²) in [6, 6.07) is 10.3. The number of anilines is 2. The first-order chi connectivity index (χ1) is 11.2. The lowest BCUT2D eigenvalue weighted by atomic mass is 10.1. The second-order valence-corrected chi connectivity index (χ2v) is 6.28. The van der Waals surface area contributed by atoms with E-state index in [0.29, 0.717) is 11.9 Å². The minimum Gasteiger partial charge on any atom is -0.394 e. The Bertz CT molecular complexity index is 670. The van der Waals surface area contributed by atoms with Gasteiger partial charge in [0.15, 0.2) is 0 Å². The summed E-state index contributed by atoms with van der Waals surface area (Å²) < 4.78 is 0. The van der Waals surface area contributed by atoms with Gasteiger partial charge < -0.3 is 15.7 Å². The molecule has 1 fully saturated rings. The summed E-state index contributed by atoms with van der Waals surface area (Å²) in [6.45, 7) is 4.82. The number of aromatic nitrogens is 2. The number of hydrogen-bond acceptors (Lipinski definition) is 5. The molecule has 0 spiro atoms. The molecule has 1 aliphatic carbocycles. The molecule has 3 rings (SSSR count). The Morgan fingerprint density at radius 3 is 2.74 bits per heavy atom. The third-order valence-corrected chi connectivity index (χ3v) is 4.11. The van der Waals surface area contributed by atoms with Gasteiger partial charge >= 0.3 is 0 Å². The average Bonchev–Trinajstić information content (AvgIpc) is 3.39. The number of rotatable bonds is 7. The molecule has 1 atom stereocenters. The Morgan fingerprint density at radius 1 is 1.26 bits per heavy atom. The first-order valence-electron chi connectivity index (χ1n) is 8.20. The molecule has 3 N–H and O–H groups in total. The van der Waals surface area contributed by atoms with Crippen LogP contribution in [0, 0.1) is 6.92 Å². The summed E-state index contributed by atoms with van der Waals surface area (Å²) >= 11 is 0. The summed E-state index contributed by atoms with van der Waals surface area (Å²) in [7, 11) is 0. The zero-order chi connectivity index (χ0) is 16.2. The molecule has 0 aliphatic heterocycles. The van der Waals surface area contributed by atoms with Gasteiger partial charge in [-0.1, -0.05) is 24.3 Å². The van der Waals surface area contributed by atoms with Crippen LogP contribution in [0.5, 0.6) is 0 Å². The van der Waals surface area contributed by atoms with Crippen molar-refractivity contribution in [2.24, 2.45) is 0 Å². The van der Waals surface area contributed by atoms with E-state index in [1.807, 2.05) is 19.1 Å². The minimum absolute atomic E-state index is 0.0585. The number of hydrogen-bond donors (Lipinski definition) is 3. The van der Waals surface area contributed by atoms with E-state index in [1.54, 1.807) is 0 Å². The number of aliphatic hydroxyl groups is 1. The Hall–Kier alpha value is -2.14. The number of nitrogens with zero attached hydrogens (tertiary/aromatic N) is 2. The fourth-order valence-electron chi connectivity index (χ4n) is 2.47. The number of aliphatic hydroxyl groups excluding tert-OH is 1. The molecule has 23 heavy (non-hydrogen) atoms. The van der Waals surface area contributed by atoms with Gasteiger partial charge in [0.05, 0.1) is 12.3 Å². The first kappa shape index (κ1) is 15.7. The Balaban J connectivity index is 1.76. The van der Waals surface area contributed by atoms with Crippen LogP contribution >= 0.6 is 0 Å². The van der Waals surface area contributed by atoms with Crippen LogP contribution in [0.1, 0.15) is 42.5 Å². The van der Waals surface area contributed by atoms with Crippen molar-refractivity contribution >= 4 is 11.8 Å². The Labute approximate surface area is 137 Å². The fourth-order valence-corrected chi connectivity index (χ4v) is 2.47. The van der Waals surface area contributed by atoms with Gasteiger partial charge in [-0.25, -0.2) is 4.98 Å². The molecule has 1 aromatic carbocycles. The highest BCUT2D eigenvalue weighted by Gasteiger charge is 2.26. The van der Waals surface area contributed by atoms with Gasteiger partial charge in [0, 0.05) is 24.6 Å². The maximum absolute atomic E-state index is 9.21. The van der Waals surface area contributed by atoms with Gasteiger partial charge in [0.25, 0.3) is 0 Å². The summed E-state index contributed by atoms with van der Waals surface area (Å²) in [6.07, 6.45) is 2.40. The van der Waals surface area contributed by atoms with Crippen LogP contribution in [0.4, 0.5) is 11.8 Å². The second-order valence-electron chi connectivity index (χ2n) is 6.28. The van der Waals surface area contributed by atoms with Crippen molar-refractivity contribution in [3.05, 3.63) is 47.2 Å². The number of benzene rings is 1. The van der Waals surface area contributed by atoms with Crippen molar-refractivity contribution in [1.29, 1.82) is 0 Å². The SMILES string of the molecule is Cc1ccccc1CNc1cc(C2CC2)nc(N[C@H](C)CO)n1. The van der Waals surface area contributed by atoms with Gasteiger partial charge in [0.2, 0.25) is 5.95 Å². The molecule has 0 saturated heterocycles. The third kappa shape index (κ3) is 4.20. The molecule has 1 aromatic heterocycles. The molecular formula is C18H24N4O. The molecule has 122 valence electrons. The zero-order valence-corrected chi connectivity index (χ0v) is 13.7. The molecule has 5 nitrogen and oxygen atoms in total. The number of aryl methyl sites for hydroxylation is 1. The van der Waals surface area contributed by atoms with Gasteiger partial charge in [0.1, 0.15) is 5.82 Å². The van der Waals surface area contributed by atoms with E-state index < -0.39 is 0 Å². The molecule has 1 saturated carbocycles. The van der Waals surface area contributed by atoms with Crippen LogP contribution in [0.3, 0.4) is 0 Å². The van der Waals surface area contributed by atoms with Crippen LogP contribution in [-0.2, 0) is 6.54 Å². The van der Waals surface area contributed by atoms with Crippen molar-refractivity contribution in [2.75, 3.05) is 17.2 Å². The van der Waals surface area contributed by atoms with Crippen molar-refractivity contribution < 1.29 is 5.11 Å². The largest absolute Gasteiger partial charge is 0.394 e. The monoisotopic (exact) mass is 312 g/mol. The predicted molar refractivity (Wildman–Crippen MR) is 92.7 cm³/mol. The van der Waals surface area contributed by atoms with Crippen molar-refractivity contribution in [3.63, 3.8) is 0 Å². The van der Waals surface area contributed by atoms with E-state index in [1.165, 1.54) is 24.0 Å². The van der Waals surface area contributed by atoms with Crippen LogP contribution in [-0.4, -0.2) is 27.7 Å². The maximum atomic E-state index is 9.21. The second kappa shape index (κ2) is 6.96. The van der Waals surface area contributed by atoms with Gasteiger partial charge in [-0.2, -0.15) is 4.98 Å². The van der Waals surface area contributed by atoms with Crippen molar-refractivity contribution in [1.82, 2.24) is 9.97 Å². The summed E-state index contributed by atoms with van der Waals surface area (Å²) in [5.41, 5.74) is 3.61. The highest BCUT2D eigenvalue weighted by atomic mass is 16.3. The maximum Gasteiger partial charge on any atom is 0.225 e. The molecule has 1 heterocycles. The van der Waals surface area contributed by atoms with Crippen LogP contribution < -0.4 is 10.6 Å². The average molecular weight is 312 g/mol. The molecule has 1 aliphatic rings. The first-order valence-corrected chi connectivity index (χ1v) is 8.20. The lowest BCUT2D eigenvalue weighted by Gasteiger charge is -2.14. The summed E-state index contributed by atoms with van der Waals surface area (Å²) in [5.74, 6) is 1.98. The topological polar surface area (TPSA) is 70.1 Å². The van der Waals surface area contributed by atoms with Crippen molar-refractivity contribution in [3.8, 4) is 0 Å². The molecular weight excluding hydrogens is 288 g/mol. The minimum atomic E-state index is -0.0614. The van der Waals surface area contributed by atoms with Gasteiger partial charge in [-0.05, 0) is 37.8 Å². The van der Waals surface area contributed by atoms with E-state index >= 15 is 0 Å². The van der Waals surface area contributed by atoms with Gasteiger partial charge in [-0.15, -0.1) is 0 Å². The van der Waals surface area contributed by atoms with Crippen LogP contribution in [0.2, 0.25) is 0 Å². The highest BCUT2D eigenvalue weighted by molar-refractivity contribution is 5.45. The molecule has 0 radical (unpaired) electrons. The predicted octanol–water partition coefficient (Wildman–Crippen LogP) is 3.07. The molecule has 0 amide bonds. The zero-order valence-electron chi connectivity index (χ0n) is 13.7. The van der Waals surface area contributed by atoms with Crippen molar-refractivity contribution in [2.45, 2.75) is 45.2 Å². The van der Waals surface area contributed by atoms with E-state index in [2.05, 4.69) is 45.7 Å². The molecule has 0 unspecified atom stereocenters. The van der Waals surface area contributed by atoms with Gasteiger partial charge in [-0.3, -0.25) is 0 Å². The van der Waals surface area contributed by atoms with E-state index in [0.717, 1.165) is 18.1 Å². The summed E-state index contributed by atoms with van der Waals surface area (Å²) in [4.78, 5) is 9.11. The van der Waals surface area contributed by atoms with Crippen LogP contribution in [0.15, 0.2) is 30.3 Å². The van der Waals surface area contributed by atoms with Crippen LogP contribution in [0.25, 0.3) is 0 Å². The smallest absolute Gasteiger partial charge is 0.225 e. The normalized spacial score (nSPS) is 15.3. The highest BCUT2D eigenvalue weighted by Crippen LogP contribution is 2.39. The molecule has 5 heteroatoms. The van der Waals surface area contributed by atoms with E-state index in [4.69, 9.17) is 0 Å². The fraction of sp³-hybridized carbons (Fsp3) is 0.444. The molecule has 2 aromatic rings.